The number of hydrogen-bond acceptors (Lipinski definition) is 3. The predicted octanol–water partition coefficient (Wildman–Crippen LogP) is 3.26. The van der Waals surface area contributed by atoms with Crippen molar-refractivity contribution in [2.45, 2.75) is 82.1 Å². The monoisotopic (exact) mass is 342 g/mol. The number of piperidine rings is 1. The van der Waals surface area contributed by atoms with E-state index in [4.69, 9.17) is 4.74 Å². The summed E-state index contributed by atoms with van der Waals surface area (Å²) in [4.78, 5) is 15.0. The summed E-state index contributed by atoms with van der Waals surface area (Å²) in [5, 5.41) is 3.31. The maximum absolute atomic E-state index is 12.3. The highest BCUT2D eigenvalue weighted by Gasteiger charge is 2.40. The van der Waals surface area contributed by atoms with Gasteiger partial charge in [-0.1, -0.05) is 30.3 Å². The first-order chi connectivity index (χ1) is 12.3. The van der Waals surface area contributed by atoms with Crippen LogP contribution in [0.2, 0.25) is 0 Å². The van der Waals surface area contributed by atoms with E-state index < -0.39 is 0 Å². The van der Waals surface area contributed by atoms with Crippen molar-refractivity contribution in [1.29, 1.82) is 0 Å². The molecule has 3 saturated heterocycles. The predicted molar refractivity (Wildman–Crippen MR) is 98.2 cm³/mol. The minimum atomic E-state index is 0.219. The van der Waals surface area contributed by atoms with E-state index in [9.17, 15) is 4.79 Å². The second kappa shape index (κ2) is 7.88. The molecule has 1 aromatic rings. The molecule has 4 rings (SSSR count). The zero-order chi connectivity index (χ0) is 17.1. The van der Waals surface area contributed by atoms with Crippen LogP contribution in [0.25, 0.3) is 0 Å². The molecule has 4 heteroatoms. The van der Waals surface area contributed by atoms with Gasteiger partial charge in [0, 0.05) is 37.7 Å². The summed E-state index contributed by atoms with van der Waals surface area (Å²) in [7, 11) is 0. The lowest BCUT2D eigenvalue weighted by Crippen LogP contribution is -2.50. The van der Waals surface area contributed by atoms with Gasteiger partial charge in [0.25, 0.3) is 0 Å². The summed E-state index contributed by atoms with van der Waals surface area (Å²) < 4.78 is 5.62. The lowest BCUT2D eigenvalue weighted by atomic mass is 9.96. The molecule has 1 amide bonds. The molecule has 2 bridgehead atoms. The molecule has 3 fully saturated rings. The van der Waals surface area contributed by atoms with Crippen LogP contribution < -0.4 is 5.32 Å². The van der Waals surface area contributed by atoms with E-state index in [1.54, 1.807) is 0 Å². The quantitative estimate of drug-likeness (QED) is 0.863. The minimum absolute atomic E-state index is 0.219. The van der Waals surface area contributed by atoms with Gasteiger partial charge in [-0.15, -0.1) is 0 Å². The lowest BCUT2D eigenvalue weighted by molar-refractivity contribution is -0.122. The number of ether oxygens (including phenoxy) is 1. The first kappa shape index (κ1) is 17.0. The van der Waals surface area contributed by atoms with Crippen LogP contribution >= 0.6 is 0 Å². The molecule has 3 unspecified atom stereocenters. The number of carbonyl (C=O) groups is 1. The molecule has 3 aliphatic heterocycles. The molecular weight excluding hydrogens is 312 g/mol. The highest BCUT2D eigenvalue weighted by Crippen LogP contribution is 2.36. The van der Waals surface area contributed by atoms with E-state index >= 15 is 0 Å². The average molecular weight is 342 g/mol. The Bertz CT molecular complexity index is 557. The Labute approximate surface area is 150 Å². The van der Waals surface area contributed by atoms with Gasteiger partial charge >= 0.3 is 0 Å². The summed E-state index contributed by atoms with van der Waals surface area (Å²) in [5.74, 6) is 0.219. The van der Waals surface area contributed by atoms with Gasteiger partial charge in [-0.25, -0.2) is 0 Å². The number of amides is 1. The number of benzene rings is 1. The van der Waals surface area contributed by atoms with Crippen LogP contribution in [-0.2, 0) is 16.1 Å². The lowest BCUT2D eigenvalue weighted by Gasteiger charge is -2.39. The van der Waals surface area contributed by atoms with Gasteiger partial charge < -0.3 is 10.1 Å². The Morgan fingerprint density at radius 1 is 1.12 bits per heavy atom. The first-order valence-electron chi connectivity index (χ1n) is 9.98. The summed E-state index contributed by atoms with van der Waals surface area (Å²) in [6.07, 6.45) is 8.85. The van der Waals surface area contributed by atoms with E-state index in [2.05, 4.69) is 40.5 Å². The van der Waals surface area contributed by atoms with Crippen LogP contribution in [0, 0.1) is 0 Å². The normalized spacial score (nSPS) is 32.0. The van der Waals surface area contributed by atoms with Gasteiger partial charge in [0.05, 0.1) is 6.10 Å². The number of fused-ring (bicyclic) bond motifs is 2. The van der Waals surface area contributed by atoms with Crippen LogP contribution in [0.15, 0.2) is 30.3 Å². The first-order valence-corrected chi connectivity index (χ1v) is 9.98. The van der Waals surface area contributed by atoms with E-state index in [1.165, 1.54) is 18.4 Å². The highest BCUT2D eigenvalue weighted by atomic mass is 16.5. The Morgan fingerprint density at radius 3 is 2.56 bits per heavy atom. The molecule has 0 aromatic heterocycles. The van der Waals surface area contributed by atoms with Gasteiger partial charge in [0.2, 0.25) is 5.91 Å². The van der Waals surface area contributed by atoms with Gasteiger partial charge in [0.1, 0.15) is 0 Å². The van der Waals surface area contributed by atoms with Crippen LogP contribution in [0.1, 0.15) is 56.9 Å². The second-order valence-electron chi connectivity index (χ2n) is 7.95. The second-order valence-corrected chi connectivity index (χ2v) is 7.95. The number of carbonyl (C=O) groups excluding carboxylic acids is 1. The third kappa shape index (κ3) is 4.24. The molecule has 0 aliphatic carbocycles. The van der Waals surface area contributed by atoms with Gasteiger partial charge in [-0.2, -0.15) is 0 Å². The van der Waals surface area contributed by atoms with Crippen LogP contribution in [0.3, 0.4) is 0 Å². The van der Waals surface area contributed by atoms with Gasteiger partial charge in [-0.05, 0) is 50.5 Å². The van der Waals surface area contributed by atoms with Crippen molar-refractivity contribution in [2.75, 3.05) is 6.61 Å². The maximum atomic E-state index is 12.3. The molecule has 25 heavy (non-hydrogen) atoms. The summed E-state index contributed by atoms with van der Waals surface area (Å²) in [6.45, 7) is 1.92. The van der Waals surface area contributed by atoms with Gasteiger partial charge in [0.15, 0.2) is 0 Å². The Morgan fingerprint density at radius 2 is 1.88 bits per heavy atom. The molecule has 0 saturated carbocycles. The van der Waals surface area contributed by atoms with E-state index in [1.807, 2.05) is 0 Å². The van der Waals surface area contributed by atoms with Crippen LogP contribution in [-0.4, -0.2) is 41.6 Å². The van der Waals surface area contributed by atoms with Crippen molar-refractivity contribution < 1.29 is 9.53 Å². The van der Waals surface area contributed by atoms with Crippen molar-refractivity contribution >= 4 is 5.91 Å². The van der Waals surface area contributed by atoms with Gasteiger partial charge in [-0.3, -0.25) is 9.69 Å². The zero-order valence-electron chi connectivity index (χ0n) is 15.0. The Hall–Kier alpha value is -1.39. The fraction of sp³-hybridized carbons (Fsp3) is 0.667. The van der Waals surface area contributed by atoms with E-state index in [-0.39, 0.29) is 5.91 Å². The summed E-state index contributed by atoms with van der Waals surface area (Å²) in [5.41, 5.74) is 1.40. The van der Waals surface area contributed by atoms with Crippen molar-refractivity contribution in [2.24, 2.45) is 0 Å². The van der Waals surface area contributed by atoms with Crippen LogP contribution in [0.5, 0.6) is 0 Å². The third-order valence-corrected chi connectivity index (χ3v) is 6.17. The minimum Gasteiger partial charge on any atom is -0.378 e. The van der Waals surface area contributed by atoms with Crippen molar-refractivity contribution in [3.8, 4) is 0 Å². The fourth-order valence-corrected chi connectivity index (χ4v) is 4.91. The molecule has 1 aromatic carbocycles. The third-order valence-electron chi connectivity index (χ3n) is 6.17. The molecule has 0 spiro atoms. The van der Waals surface area contributed by atoms with Crippen molar-refractivity contribution in [3.05, 3.63) is 35.9 Å². The summed E-state index contributed by atoms with van der Waals surface area (Å²) in [6, 6.07) is 12.4. The van der Waals surface area contributed by atoms with Crippen molar-refractivity contribution in [3.63, 3.8) is 0 Å². The van der Waals surface area contributed by atoms with E-state index in [0.717, 1.165) is 45.3 Å². The fourth-order valence-electron chi connectivity index (χ4n) is 4.91. The molecule has 0 radical (unpaired) electrons. The molecule has 4 nitrogen and oxygen atoms in total. The molecular formula is C21H30N2O2. The van der Waals surface area contributed by atoms with Crippen molar-refractivity contribution in [1.82, 2.24) is 10.2 Å². The Kier molecular flexibility index (Phi) is 5.37. The smallest absolute Gasteiger partial charge is 0.220 e. The molecule has 3 heterocycles. The molecule has 3 aliphatic rings. The average Bonchev–Trinajstić information content (AvgIpc) is 3.21. The number of rotatable bonds is 6. The SMILES string of the molecule is O=C(CCC1CCCO1)NC1CC2CCC(C1)N2Cc1ccccc1. The molecule has 136 valence electrons. The number of nitrogens with zero attached hydrogens (tertiary/aromatic N) is 1. The van der Waals surface area contributed by atoms with E-state index in [0.29, 0.717) is 30.7 Å². The topological polar surface area (TPSA) is 41.6 Å². The zero-order valence-corrected chi connectivity index (χ0v) is 15.0. The number of nitrogens with one attached hydrogen (secondary N) is 1. The number of hydrogen-bond donors (Lipinski definition) is 1. The van der Waals surface area contributed by atoms with Crippen LogP contribution in [0.4, 0.5) is 0 Å². The molecule has 3 atom stereocenters. The maximum Gasteiger partial charge on any atom is 0.220 e. The summed E-state index contributed by atoms with van der Waals surface area (Å²) >= 11 is 0. The molecule has 1 N–H and O–H groups in total. The standard InChI is InChI=1S/C21H30N2O2/c24-21(11-10-20-7-4-12-25-20)22-17-13-18-8-9-19(14-17)23(18)15-16-5-2-1-3-6-16/h1-3,5-6,17-20H,4,7-15H2,(H,22,24). The largest absolute Gasteiger partial charge is 0.378 e. The Balaban J connectivity index is 1.25. The highest BCUT2D eigenvalue weighted by molar-refractivity contribution is 5.76.